The minimum atomic E-state index is -4.71. The van der Waals surface area contributed by atoms with Crippen LogP contribution in [0.3, 0.4) is 0 Å². The van der Waals surface area contributed by atoms with Crippen LogP contribution in [0.2, 0.25) is 0 Å². The van der Waals surface area contributed by atoms with Crippen LogP contribution in [0.25, 0.3) is 10.6 Å². The fourth-order valence-electron chi connectivity index (χ4n) is 2.35. The van der Waals surface area contributed by atoms with E-state index in [4.69, 9.17) is 0 Å². The van der Waals surface area contributed by atoms with Gasteiger partial charge < -0.3 is 0 Å². The topological polar surface area (TPSA) is 102 Å². The molecule has 0 saturated heterocycles. The number of halogens is 3. The number of benzene rings is 1. The maximum Gasteiger partial charge on any atom is 0.433 e. The largest absolute Gasteiger partial charge is 0.433 e. The Hall–Kier alpha value is -2.86. The Kier molecular flexibility index (Phi) is 5.65. The van der Waals surface area contributed by atoms with Crippen LogP contribution in [0.4, 0.5) is 19.1 Å². The van der Waals surface area contributed by atoms with Crippen LogP contribution in [0.15, 0.2) is 53.6 Å². The summed E-state index contributed by atoms with van der Waals surface area (Å²) in [6, 6.07) is 10.4. The number of hydrogen-bond donors (Lipinski definition) is 1. The van der Waals surface area contributed by atoms with E-state index in [1.165, 1.54) is 0 Å². The van der Waals surface area contributed by atoms with Crippen molar-refractivity contribution in [3.05, 3.63) is 54.4 Å². The number of sulfone groups is 1. The fourth-order valence-corrected chi connectivity index (χ4v) is 4.30. The molecule has 0 saturated carbocycles. The predicted octanol–water partition coefficient (Wildman–Crippen LogP) is 3.81. The molecule has 1 N–H and O–H groups in total. The minimum absolute atomic E-state index is 0.0716. The smallest absolute Gasteiger partial charge is 0.292 e. The number of alkyl halides is 3. The zero-order valence-corrected chi connectivity index (χ0v) is 17.3. The second-order valence-corrected chi connectivity index (χ2v) is 9.88. The Labute approximate surface area is 174 Å². The molecule has 0 spiro atoms. The first kappa shape index (κ1) is 21.8. The van der Waals surface area contributed by atoms with E-state index in [0.29, 0.717) is 17.3 Å². The molecule has 0 fully saturated rings. The minimum Gasteiger partial charge on any atom is -0.292 e. The third-order valence-corrected chi connectivity index (χ3v) is 7.38. The lowest BCUT2D eigenvalue weighted by atomic mass is 10.2. The monoisotopic (exact) mass is 456 g/mol. The number of nitrogens with one attached hydrogen (secondary N) is 1. The molecule has 0 bridgehead atoms. The quantitative estimate of drug-likeness (QED) is 0.627. The fraction of sp³-hybridized carbons (Fsp3) is 0.222. The van der Waals surface area contributed by atoms with Gasteiger partial charge in [-0.1, -0.05) is 30.3 Å². The van der Waals surface area contributed by atoms with Crippen LogP contribution < -0.4 is 5.32 Å². The molecule has 30 heavy (non-hydrogen) atoms. The molecule has 0 atom stereocenters. The zero-order chi connectivity index (χ0) is 22.2. The molecule has 158 valence electrons. The van der Waals surface area contributed by atoms with E-state index in [1.807, 2.05) is 18.2 Å². The molecule has 1 amide bonds. The van der Waals surface area contributed by atoms with Crippen molar-refractivity contribution in [2.75, 3.05) is 5.32 Å². The molecule has 3 rings (SSSR count). The lowest BCUT2D eigenvalue weighted by Crippen LogP contribution is -2.44. The van der Waals surface area contributed by atoms with E-state index in [9.17, 15) is 26.4 Å². The highest BCUT2D eigenvalue weighted by molar-refractivity contribution is 7.93. The summed E-state index contributed by atoms with van der Waals surface area (Å²) >= 11 is 1.02. The van der Waals surface area contributed by atoms with Gasteiger partial charge in [-0.15, -0.1) is 0 Å². The lowest BCUT2D eigenvalue weighted by molar-refractivity contribution is -0.141. The van der Waals surface area contributed by atoms with Crippen LogP contribution in [0, 0.1) is 0 Å². The van der Waals surface area contributed by atoms with Crippen LogP contribution in [0.1, 0.15) is 19.5 Å². The third kappa shape index (κ3) is 4.19. The number of hydrogen-bond acceptors (Lipinski definition) is 7. The second-order valence-electron chi connectivity index (χ2n) is 6.63. The number of anilines is 1. The molecule has 2 heterocycles. The predicted molar refractivity (Wildman–Crippen MR) is 104 cm³/mol. The molecule has 0 radical (unpaired) electrons. The lowest BCUT2D eigenvalue weighted by Gasteiger charge is -2.23. The van der Waals surface area contributed by atoms with Gasteiger partial charge in [-0.05, 0) is 37.5 Å². The average molecular weight is 456 g/mol. The summed E-state index contributed by atoms with van der Waals surface area (Å²) in [4.78, 5) is 19.5. The highest BCUT2D eigenvalue weighted by Crippen LogP contribution is 2.31. The number of amides is 1. The van der Waals surface area contributed by atoms with E-state index in [0.717, 1.165) is 37.0 Å². The normalized spacial score (nSPS) is 12.6. The van der Waals surface area contributed by atoms with Crippen molar-refractivity contribution in [1.29, 1.82) is 0 Å². The standard InChI is InChI=1S/C18H15F3N4O3S2/c1-17(2,30(27,28)12-8-9-13(22-10-12)18(19,20)21)15(26)24-16-23-14(29-25-16)11-6-4-3-5-7-11/h3-10H,1-2H3,(H,24,25,26). The van der Waals surface area contributed by atoms with E-state index in [1.54, 1.807) is 12.1 Å². The Morgan fingerprint density at radius 3 is 2.30 bits per heavy atom. The highest BCUT2D eigenvalue weighted by atomic mass is 32.2. The Morgan fingerprint density at radius 1 is 1.07 bits per heavy atom. The third-order valence-electron chi connectivity index (χ3n) is 4.23. The van der Waals surface area contributed by atoms with Crippen molar-refractivity contribution < 1.29 is 26.4 Å². The van der Waals surface area contributed by atoms with E-state index in [2.05, 4.69) is 19.7 Å². The molecule has 2 aromatic heterocycles. The maximum absolute atomic E-state index is 12.9. The van der Waals surface area contributed by atoms with Crippen LogP contribution in [-0.4, -0.2) is 33.4 Å². The van der Waals surface area contributed by atoms with Crippen molar-refractivity contribution in [3.8, 4) is 10.6 Å². The Morgan fingerprint density at radius 2 is 1.73 bits per heavy atom. The van der Waals surface area contributed by atoms with Crippen LogP contribution >= 0.6 is 11.5 Å². The first-order valence-corrected chi connectivity index (χ1v) is 10.7. The summed E-state index contributed by atoms with van der Waals surface area (Å²) in [5.74, 6) is -1.00. The van der Waals surface area contributed by atoms with E-state index >= 15 is 0 Å². The summed E-state index contributed by atoms with van der Waals surface area (Å²) in [5, 5.41) is 2.88. The van der Waals surface area contributed by atoms with Gasteiger partial charge in [-0.3, -0.25) is 15.1 Å². The number of rotatable bonds is 5. The Bertz CT molecular complexity index is 1160. The van der Waals surface area contributed by atoms with E-state index < -0.39 is 37.3 Å². The molecule has 0 aliphatic heterocycles. The number of pyridine rings is 1. The molecular formula is C18H15F3N4O3S2. The number of nitrogens with zero attached hydrogens (tertiary/aromatic N) is 3. The molecule has 0 aliphatic rings. The second kappa shape index (κ2) is 7.76. The maximum atomic E-state index is 12.9. The van der Waals surface area contributed by atoms with Crippen molar-refractivity contribution in [3.63, 3.8) is 0 Å². The number of carbonyl (C=O) groups excluding carboxylic acids is 1. The Balaban J connectivity index is 1.82. The molecule has 0 aliphatic carbocycles. The molecule has 12 heteroatoms. The first-order chi connectivity index (χ1) is 13.9. The highest BCUT2D eigenvalue weighted by Gasteiger charge is 2.44. The summed E-state index contributed by atoms with van der Waals surface area (Å²) in [6.07, 6.45) is -4.12. The van der Waals surface area contributed by atoms with Gasteiger partial charge in [-0.25, -0.2) is 8.42 Å². The van der Waals surface area contributed by atoms with Crippen LogP contribution in [-0.2, 0) is 20.8 Å². The zero-order valence-electron chi connectivity index (χ0n) is 15.6. The SMILES string of the molecule is CC(C)(C(=O)Nc1nsc(-c2ccccc2)n1)S(=O)(=O)c1ccc(C(F)(F)F)nc1. The average Bonchev–Trinajstić information content (AvgIpc) is 3.16. The number of carbonyl (C=O) groups is 1. The molecule has 3 aromatic rings. The summed E-state index contributed by atoms with van der Waals surface area (Å²) < 4.78 is 65.7. The number of aromatic nitrogens is 3. The van der Waals surface area contributed by atoms with Crippen molar-refractivity contribution in [2.24, 2.45) is 0 Å². The van der Waals surface area contributed by atoms with Crippen LogP contribution in [0.5, 0.6) is 0 Å². The van der Waals surface area contributed by atoms with Crippen molar-refractivity contribution >= 4 is 33.2 Å². The van der Waals surface area contributed by atoms with Gasteiger partial charge in [0, 0.05) is 11.8 Å². The first-order valence-electron chi connectivity index (χ1n) is 8.41. The molecule has 0 unspecified atom stereocenters. The van der Waals surface area contributed by atoms with Gasteiger partial charge in [0.1, 0.15) is 15.4 Å². The van der Waals surface area contributed by atoms with Gasteiger partial charge in [0.2, 0.25) is 11.9 Å². The summed E-state index contributed by atoms with van der Waals surface area (Å²) in [5.41, 5.74) is -0.456. The van der Waals surface area contributed by atoms with Gasteiger partial charge in [-0.2, -0.15) is 22.5 Å². The molecular weight excluding hydrogens is 441 g/mol. The molecule has 1 aromatic carbocycles. The van der Waals surface area contributed by atoms with Gasteiger partial charge in [0.15, 0.2) is 9.84 Å². The molecule has 7 nitrogen and oxygen atoms in total. The van der Waals surface area contributed by atoms with Crippen molar-refractivity contribution in [1.82, 2.24) is 14.3 Å². The van der Waals surface area contributed by atoms with Gasteiger partial charge in [0.05, 0.1) is 4.90 Å². The van der Waals surface area contributed by atoms with Crippen molar-refractivity contribution in [2.45, 2.75) is 29.7 Å². The van der Waals surface area contributed by atoms with Gasteiger partial charge >= 0.3 is 6.18 Å². The summed E-state index contributed by atoms with van der Waals surface area (Å²) in [7, 11) is -4.36. The van der Waals surface area contributed by atoms with E-state index in [-0.39, 0.29) is 5.95 Å². The summed E-state index contributed by atoms with van der Waals surface area (Å²) in [6.45, 7) is 2.28. The van der Waals surface area contributed by atoms with Gasteiger partial charge in [0.25, 0.3) is 0 Å².